The van der Waals surface area contributed by atoms with E-state index >= 15 is 0 Å². The number of rotatable bonds is 5. The first-order valence-electron chi connectivity index (χ1n) is 10.8. The van der Waals surface area contributed by atoms with Crippen molar-refractivity contribution in [2.75, 3.05) is 11.9 Å². The summed E-state index contributed by atoms with van der Waals surface area (Å²) in [5, 5.41) is 13.5. The molecule has 0 unspecified atom stereocenters. The molecule has 0 saturated heterocycles. The first-order valence-corrected chi connectivity index (χ1v) is 10.8. The molecule has 0 atom stereocenters. The van der Waals surface area contributed by atoms with Crippen LogP contribution in [-0.2, 0) is 22.5 Å². The van der Waals surface area contributed by atoms with E-state index in [2.05, 4.69) is 10.3 Å². The molecule has 1 aliphatic rings. The van der Waals surface area contributed by atoms with E-state index in [1.807, 2.05) is 0 Å². The molecule has 0 fully saturated rings. The Labute approximate surface area is 192 Å². The molecule has 3 aromatic rings. The Balaban J connectivity index is 1.46. The second-order valence-corrected chi connectivity index (χ2v) is 7.93. The molecule has 0 aliphatic carbocycles. The third kappa shape index (κ3) is 4.92. The van der Waals surface area contributed by atoms with Crippen LogP contribution >= 0.6 is 0 Å². The summed E-state index contributed by atoms with van der Waals surface area (Å²) in [5.41, 5.74) is -0.437. The van der Waals surface area contributed by atoms with E-state index < -0.39 is 34.9 Å². The molecule has 0 spiro atoms. The van der Waals surface area contributed by atoms with Crippen molar-refractivity contribution < 1.29 is 23.6 Å². The Bertz CT molecular complexity index is 1350. The number of anilines is 1. The van der Waals surface area contributed by atoms with Gasteiger partial charge in [-0.15, -0.1) is 0 Å². The highest BCUT2D eigenvalue weighted by Gasteiger charge is 2.18. The highest BCUT2D eigenvalue weighted by molar-refractivity contribution is 5.97. The van der Waals surface area contributed by atoms with Gasteiger partial charge in [-0.2, -0.15) is 4.39 Å². The van der Waals surface area contributed by atoms with Crippen LogP contribution in [0.25, 0.3) is 10.9 Å². The summed E-state index contributed by atoms with van der Waals surface area (Å²) in [4.78, 5) is 51.9. The molecule has 1 aromatic heterocycles. The smallest absolute Gasteiger partial charge is 0.338 e. The highest BCUT2D eigenvalue weighted by Crippen LogP contribution is 2.22. The normalized spacial score (nSPS) is 13.4. The Hall–Kier alpha value is -4.15. The van der Waals surface area contributed by atoms with E-state index in [0.717, 1.165) is 43.9 Å². The van der Waals surface area contributed by atoms with Crippen LogP contribution < -0.4 is 10.9 Å². The number of nitrogens with one attached hydrogen (secondary N) is 1. The number of halogens is 1. The molecule has 4 rings (SSSR count). The van der Waals surface area contributed by atoms with Crippen LogP contribution in [0, 0.1) is 15.9 Å². The van der Waals surface area contributed by atoms with Crippen molar-refractivity contribution >= 4 is 34.2 Å². The molecule has 11 heteroatoms. The summed E-state index contributed by atoms with van der Waals surface area (Å²) in [5.74, 6) is -1.90. The topological polar surface area (TPSA) is 133 Å². The van der Waals surface area contributed by atoms with E-state index in [1.165, 1.54) is 18.2 Å². The number of amides is 1. The van der Waals surface area contributed by atoms with Gasteiger partial charge >= 0.3 is 11.7 Å². The summed E-state index contributed by atoms with van der Waals surface area (Å²) in [6.07, 6.45) is 4.68. The molecule has 176 valence electrons. The third-order valence-corrected chi connectivity index (χ3v) is 5.56. The lowest BCUT2D eigenvalue weighted by Gasteiger charge is -2.16. The zero-order valence-corrected chi connectivity index (χ0v) is 18.1. The number of benzene rings is 2. The summed E-state index contributed by atoms with van der Waals surface area (Å²) >= 11 is 0. The molecule has 1 N–H and O–H groups in total. The Morgan fingerprint density at radius 2 is 1.94 bits per heavy atom. The SMILES string of the molecule is O=C(COC(=O)c1ccc2c(=O)n3c(nc2c1)CCCCCC3)Nc1ccc(F)c([N+](=O)[O-])c1. The number of nitrogens with zero attached hydrogens (tertiary/aromatic N) is 3. The average Bonchev–Trinajstić information content (AvgIpc) is 2.79. The van der Waals surface area contributed by atoms with Crippen molar-refractivity contribution in [3.8, 4) is 0 Å². The number of nitro benzene ring substituents is 1. The maximum atomic E-state index is 13.4. The summed E-state index contributed by atoms with van der Waals surface area (Å²) < 4.78 is 20.1. The predicted octanol–water partition coefficient (Wildman–Crippen LogP) is 3.36. The maximum absolute atomic E-state index is 13.4. The summed E-state index contributed by atoms with van der Waals surface area (Å²) in [6.45, 7) is -0.0461. The quantitative estimate of drug-likeness (QED) is 0.345. The number of carbonyl (C=O) groups excluding carboxylic acids is 2. The van der Waals surface area contributed by atoms with Crippen molar-refractivity contribution in [1.29, 1.82) is 0 Å². The van der Waals surface area contributed by atoms with Gasteiger partial charge in [0.05, 0.1) is 21.4 Å². The van der Waals surface area contributed by atoms with Crippen LogP contribution in [0.3, 0.4) is 0 Å². The average molecular weight is 468 g/mol. The number of esters is 1. The number of nitro groups is 1. The molecule has 2 heterocycles. The molecule has 2 aromatic carbocycles. The number of aryl methyl sites for hydroxylation is 1. The Morgan fingerprint density at radius 1 is 1.15 bits per heavy atom. The monoisotopic (exact) mass is 468 g/mol. The van der Waals surface area contributed by atoms with Crippen molar-refractivity contribution in [3.05, 3.63) is 74.1 Å². The number of hydrogen-bond acceptors (Lipinski definition) is 7. The van der Waals surface area contributed by atoms with Gasteiger partial charge in [-0.05, 0) is 43.2 Å². The molecule has 1 aliphatic heterocycles. The van der Waals surface area contributed by atoms with Crippen LogP contribution in [0.4, 0.5) is 15.8 Å². The molecule has 0 radical (unpaired) electrons. The minimum absolute atomic E-state index is 0.0129. The molecule has 34 heavy (non-hydrogen) atoms. The van der Waals surface area contributed by atoms with Gasteiger partial charge in [-0.3, -0.25) is 24.3 Å². The van der Waals surface area contributed by atoms with Crippen LogP contribution in [0.15, 0.2) is 41.2 Å². The summed E-state index contributed by atoms with van der Waals surface area (Å²) in [7, 11) is 0. The van der Waals surface area contributed by atoms with E-state index in [9.17, 15) is 28.9 Å². The fourth-order valence-corrected chi connectivity index (χ4v) is 3.86. The van der Waals surface area contributed by atoms with Gasteiger partial charge in [-0.1, -0.05) is 12.8 Å². The zero-order valence-electron chi connectivity index (χ0n) is 18.1. The minimum Gasteiger partial charge on any atom is -0.452 e. The van der Waals surface area contributed by atoms with Gasteiger partial charge in [0.2, 0.25) is 5.82 Å². The summed E-state index contributed by atoms with van der Waals surface area (Å²) in [6, 6.07) is 7.29. The molecule has 0 saturated carbocycles. The molecular weight excluding hydrogens is 447 g/mol. The highest BCUT2D eigenvalue weighted by atomic mass is 19.1. The van der Waals surface area contributed by atoms with E-state index in [1.54, 1.807) is 4.57 Å². The predicted molar refractivity (Wildman–Crippen MR) is 120 cm³/mol. The lowest BCUT2D eigenvalue weighted by atomic mass is 10.1. The maximum Gasteiger partial charge on any atom is 0.338 e. The molecule has 1 amide bonds. The number of fused-ring (bicyclic) bond motifs is 2. The van der Waals surface area contributed by atoms with Crippen LogP contribution in [0.2, 0.25) is 0 Å². The van der Waals surface area contributed by atoms with Crippen LogP contribution in [0.5, 0.6) is 0 Å². The zero-order chi connectivity index (χ0) is 24.2. The second kappa shape index (κ2) is 9.77. The van der Waals surface area contributed by atoms with E-state index in [0.29, 0.717) is 29.7 Å². The van der Waals surface area contributed by atoms with E-state index in [4.69, 9.17) is 4.74 Å². The second-order valence-electron chi connectivity index (χ2n) is 7.93. The number of aromatic nitrogens is 2. The first kappa shape index (κ1) is 23.0. The third-order valence-electron chi connectivity index (χ3n) is 5.56. The largest absolute Gasteiger partial charge is 0.452 e. The van der Waals surface area contributed by atoms with Gasteiger partial charge in [0.1, 0.15) is 5.82 Å². The fourth-order valence-electron chi connectivity index (χ4n) is 3.86. The van der Waals surface area contributed by atoms with Crippen LogP contribution in [0.1, 0.15) is 41.9 Å². The van der Waals surface area contributed by atoms with Crippen LogP contribution in [-0.4, -0.2) is 33.0 Å². The fraction of sp³-hybridized carbons (Fsp3) is 0.304. The number of hydrogen-bond donors (Lipinski definition) is 1. The van der Waals surface area contributed by atoms with Gasteiger partial charge in [0.25, 0.3) is 11.5 Å². The van der Waals surface area contributed by atoms with Crippen molar-refractivity contribution in [2.24, 2.45) is 0 Å². The number of carbonyl (C=O) groups is 2. The lowest BCUT2D eigenvalue weighted by molar-refractivity contribution is -0.387. The van der Waals surface area contributed by atoms with Crippen molar-refractivity contribution in [3.63, 3.8) is 0 Å². The Kier molecular flexibility index (Phi) is 6.62. The van der Waals surface area contributed by atoms with Gasteiger partial charge in [0, 0.05) is 24.7 Å². The van der Waals surface area contributed by atoms with Gasteiger partial charge < -0.3 is 10.1 Å². The van der Waals surface area contributed by atoms with Gasteiger partial charge in [-0.25, -0.2) is 9.78 Å². The molecule has 10 nitrogen and oxygen atoms in total. The molecular formula is C23H21FN4O6. The van der Waals surface area contributed by atoms with Gasteiger partial charge in [0.15, 0.2) is 6.61 Å². The lowest BCUT2D eigenvalue weighted by Crippen LogP contribution is -2.26. The van der Waals surface area contributed by atoms with E-state index in [-0.39, 0.29) is 16.8 Å². The molecule has 0 bridgehead atoms. The minimum atomic E-state index is -1.04. The van der Waals surface area contributed by atoms with Crippen molar-refractivity contribution in [1.82, 2.24) is 9.55 Å². The first-order chi connectivity index (χ1) is 16.3. The van der Waals surface area contributed by atoms with Crippen molar-refractivity contribution in [2.45, 2.75) is 38.6 Å². The number of ether oxygens (including phenoxy) is 1. The standard InChI is InChI=1S/C23H21FN4O6/c24-17-9-7-15(12-19(17)28(32)33)25-21(29)13-34-23(31)14-6-8-16-18(11-14)26-20-5-3-1-2-4-10-27(20)22(16)30/h6-9,11-12H,1-5,10,13H2,(H,25,29). The Morgan fingerprint density at radius 3 is 2.74 bits per heavy atom.